The Labute approximate surface area is 161 Å². The monoisotopic (exact) mass is 365 g/mol. The molecule has 0 aliphatic carbocycles. The topological polar surface area (TPSA) is 45.7 Å². The van der Waals surface area contributed by atoms with E-state index >= 15 is 0 Å². The number of morpholine rings is 1. The van der Waals surface area contributed by atoms with Gasteiger partial charge in [-0.25, -0.2) is 0 Å². The molecule has 27 heavy (non-hydrogen) atoms. The second-order valence-corrected chi connectivity index (χ2v) is 7.62. The summed E-state index contributed by atoms with van der Waals surface area (Å²) < 4.78 is 6.29. The molecule has 1 aromatic carbocycles. The number of hydrogen-bond donors (Lipinski definition) is 0. The molecule has 2 aliphatic rings. The number of pyridine rings is 1. The number of amides is 1. The molecule has 3 heterocycles. The van der Waals surface area contributed by atoms with Crippen LogP contribution >= 0.6 is 0 Å². The van der Waals surface area contributed by atoms with Gasteiger partial charge in [-0.15, -0.1) is 0 Å². The van der Waals surface area contributed by atoms with Gasteiger partial charge in [0.15, 0.2) is 0 Å². The van der Waals surface area contributed by atoms with Crippen molar-refractivity contribution in [3.63, 3.8) is 0 Å². The molecule has 2 fully saturated rings. The first-order valence-electron chi connectivity index (χ1n) is 9.84. The Morgan fingerprint density at radius 1 is 1.07 bits per heavy atom. The third-order valence-electron chi connectivity index (χ3n) is 5.66. The van der Waals surface area contributed by atoms with Crippen LogP contribution in [0.25, 0.3) is 0 Å². The van der Waals surface area contributed by atoms with Crippen LogP contribution in [0.3, 0.4) is 0 Å². The Morgan fingerprint density at radius 3 is 2.78 bits per heavy atom. The highest BCUT2D eigenvalue weighted by atomic mass is 16.5. The Balaban J connectivity index is 1.40. The fraction of sp³-hybridized carbons (Fsp3) is 0.455. The van der Waals surface area contributed by atoms with Gasteiger partial charge in [-0.2, -0.15) is 0 Å². The minimum absolute atomic E-state index is 0.133. The number of aromatic nitrogens is 1. The maximum atomic E-state index is 12.8. The lowest BCUT2D eigenvalue weighted by Gasteiger charge is -2.42. The summed E-state index contributed by atoms with van der Waals surface area (Å²) in [6, 6.07) is 13.7. The van der Waals surface area contributed by atoms with E-state index < -0.39 is 0 Å². The summed E-state index contributed by atoms with van der Waals surface area (Å²) in [5.41, 5.74) is 1.88. The average molecular weight is 365 g/mol. The standard InChI is InChI=1S/C22H27N3O2/c26-21(20-7-2-1-3-8-20)25-12-5-9-22(10-13-25)18-24(14-15-27-22)17-19-6-4-11-23-16-19/h1-4,6-8,11,16H,5,9-10,12-15,17-18H2/t22-/m0/s1. The molecule has 1 atom stereocenters. The van der Waals surface area contributed by atoms with Crippen LogP contribution in [0.15, 0.2) is 54.9 Å². The summed E-state index contributed by atoms with van der Waals surface area (Å²) in [5, 5.41) is 0. The zero-order chi connectivity index (χ0) is 18.5. The predicted molar refractivity (Wildman–Crippen MR) is 104 cm³/mol. The highest BCUT2D eigenvalue weighted by Crippen LogP contribution is 2.31. The third-order valence-corrected chi connectivity index (χ3v) is 5.66. The van der Waals surface area contributed by atoms with Crippen molar-refractivity contribution in [2.24, 2.45) is 0 Å². The number of hydrogen-bond acceptors (Lipinski definition) is 4. The predicted octanol–water partition coefficient (Wildman–Crippen LogP) is 2.98. The number of benzene rings is 1. The summed E-state index contributed by atoms with van der Waals surface area (Å²) >= 11 is 0. The molecule has 1 aromatic heterocycles. The van der Waals surface area contributed by atoms with E-state index in [0.29, 0.717) is 0 Å². The van der Waals surface area contributed by atoms with Gasteiger partial charge in [-0.1, -0.05) is 24.3 Å². The van der Waals surface area contributed by atoms with Gasteiger partial charge >= 0.3 is 0 Å². The number of nitrogens with zero attached hydrogens (tertiary/aromatic N) is 3. The fourth-order valence-corrected chi connectivity index (χ4v) is 4.24. The van der Waals surface area contributed by atoms with Crippen molar-refractivity contribution < 1.29 is 9.53 Å². The lowest BCUT2D eigenvalue weighted by atomic mass is 9.92. The van der Waals surface area contributed by atoms with Crippen molar-refractivity contribution in [3.8, 4) is 0 Å². The van der Waals surface area contributed by atoms with Crippen LogP contribution in [-0.2, 0) is 11.3 Å². The molecule has 5 heteroatoms. The Morgan fingerprint density at radius 2 is 1.96 bits per heavy atom. The Bertz CT molecular complexity index is 753. The van der Waals surface area contributed by atoms with Crippen LogP contribution in [0.2, 0.25) is 0 Å². The SMILES string of the molecule is O=C(c1ccccc1)N1CCC[C@]2(CC1)CN(Cc1cccnc1)CCO2. The van der Waals surface area contributed by atoms with Crippen molar-refractivity contribution in [2.45, 2.75) is 31.4 Å². The molecular formula is C22H27N3O2. The molecule has 142 valence electrons. The van der Waals surface area contributed by atoms with E-state index in [2.05, 4.69) is 16.0 Å². The molecule has 2 aliphatic heterocycles. The molecule has 4 rings (SSSR count). The van der Waals surface area contributed by atoms with E-state index in [9.17, 15) is 4.79 Å². The van der Waals surface area contributed by atoms with E-state index in [1.807, 2.05) is 53.7 Å². The van der Waals surface area contributed by atoms with Crippen molar-refractivity contribution in [2.75, 3.05) is 32.8 Å². The molecular weight excluding hydrogens is 338 g/mol. The highest BCUT2D eigenvalue weighted by molar-refractivity contribution is 5.94. The normalized spacial score (nSPS) is 23.9. The molecule has 0 saturated carbocycles. The first-order chi connectivity index (χ1) is 13.2. The zero-order valence-corrected chi connectivity index (χ0v) is 15.7. The molecule has 2 saturated heterocycles. The zero-order valence-electron chi connectivity index (χ0n) is 15.7. The summed E-state index contributed by atoms with van der Waals surface area (Å²) in [7, 11) is 0. The van der Waals surface area contributed by atoms with Gasteiger partial charge in [0, 0.05) is 50.7 Å². The van der Waals surface area contributed by atoms with Gasteiger partial charge < -0.3 is 9.64 Å². The molecule has 1 spiro atoms. The largest absolute Gasteiger partial charge is 0.372 e. The van der Waals surface area contributed by atoms with Crippen molar-refractivity contribution >= 4 is 5.91 Å². The van der Waals surface area contributed by atoms with E-state index in [4.69, 9.17) is 4.74 Å². The summed E-state index contributed by atoms with van der Waals surface area (Å²) in [6.45, 7) is 5.10. The Hall–Kier alpha value is -2.24. The molecule has 0 bridgehead atoms. The molecule has 1 amide bonds. The number of rotatable bonds is 3. The van der Waals surface area contributed by atoms with E-state index in [1.165, 1.54) is 5.56 Å². The molecule has 0 unspecified atom stereocenters. The van der Waals surface area contributed by atoms with Gasteiger partial charge in [0.2, 0.25) is 0 Å². The highest BCUT2D eigenvalue weighted by Gasteiger charge is 2.38. The minimum atomic E-state index is -0.133. The second kappa shape index (κ2) is 8.19. The van der Waals surface area contributed by atoms with Crippen LogP contribution in [-0.4, -0.2) is 59.1 Å². The lowest BCUT2D eigenvalue weighted by Crippen LogP contribution is -2.52. The third kappa shape index (κ3) is 4.37. The second-order valence-electron chi connectivity index (χ2n) is 7.62. The first-order valence-corrected chi connectivity index (χ1v) is 9.84. The number of ether oxygens (including phenoxy) is 1. The van der Waals surface area contributed by atoms with Crippen LogP contribution in [0.4, 0.5) is 0 Å². The molecule has 0 radical (unpaired) electrons. The number of likely N-dealkylation sites (tertiary alicyclic amines) is 1. The van der Waals surface area contributed by atoms with Gasteiger partial charge in [0.25, 0.3) is 5.91 Å². The van der Waals surface area contributed by atoms with E-state index in [-0.39, 0.29) is 11.5 Å². The Kier molecular flexibility index (Phi) is 5.50. The van der Waals surface area contributed by atoms with Gasteiger partial charge in [-0.3, -0.25) is 14.7 Å². The van der Waals surface area contributed by atoms with Gasteiger partial charge in [-0.05, 0) is 43.0 Å². The first kappa shape index (κ1) is 18.1. The van der Waals surface area contributed by atoms with Crippen molar-refractivity contribution in [3.05, 3.63) is 66.0 Å². The molecule has 2 aromatic rings. The van der Waals surface area contributed by atoms with Gasteiger partial charge in [0.1, 0.15) is 0 Å². The minimum Gasteiger partial charge on any atom is -0.372 e. The quantitative estimate of drug-likeness (QED) is 0.839. The van der Waals surface area contributed by atoms with Crippen LogP contribution < -0.4 is 0 Å². The van der Waals surface area contributed by atoms with Crippen LogP contribution in [0.1, 0.15) is 35.2 Å². The van der Waals surface area contributed by atoms with E-state index in [1.54, 1.807) is 0 Å². The van der Waals surface area contributed by atoms with Crippen LogP contribution in [0, 0.1) is 0 Å². The number of carbonyl (C=O) groups is 1. The summed E-state index contributed by atoms with van der Waals surface area (Å²) in [6.07, 6.45) is 6.65. The average Bonchev–Trinajstić information content (AvgIpc) is 2.91. The number of carbonyl (C=O) groups excluding carboxylic acids is 1. The lowest BCUT2D eigenvalue weighted by molar-refractivity contribution is -0.118. The van der Waals surface area contributed by atoms with Crippen molar-refractivity contribution in [1.29, 1.82) is 0 Å². The molecule has 5 nitrogen and oxygen atoms in total. The maximum Gasteiger partial charge on any atom is 0.253 e. The fourth-order valence-electron chi connectivity index (χ4n) is 4.24. The maximum absolute atomic E-state index is 12.8. The molecule has 0 N–H and O–H groups in total. The summed E-state index contributed by atoms with van der Waals surface area (Å²) in [5.74, 6) is 0.135. The van der Waals surface area contributed by atoms with Crippen molar-refractivity contribution in [1.82, 2.24) is 14.8 Å². The van der Waals surface area contributed by atoms with Gasteiger partial charge in [0.05, 0.1) is 12.2 Å². The van der Waals surface area contributed by atoms with E-state index in [0.717, 1.165) is 64.2 Å². The van der Waals surface area contributed by atoms with Crippen LogP contribution in [0.5, 0.6) is 0 Å². The smallest absolute Gasteiger partial charge is 0.253 e. The summed E-state index contributed by atoms with van der Waals surface area (Å²) in [4.78, 5) is 21.5.